The molecule has 4 N–H and O–H groups in total. The molecule has 0 aromatic carbocycles. The Morgan fingerprint density at radius 2 is 1.14 bits per heavy atom. The van der Waals surface area contributed by atoms with Crippen LogP contribution in [0.4, 0.5) is 0 Å². The van der Waals surface area contributed by atoms with Crippen molar-refractivity contribution in [3.8, 4) is 0 Å². The second-order valence-corrected chi connectivity index (χ2v) is 1.22. The third kappa shape index (κ3) is 728. The monoisotopic (exact) mass is 165 g/mol. The molecule has 0 saturated heterocycles. The van der Waals surface area contributed by atoms with Crippen LogP contribution in [0, 0.1) is 0 Å². The minimum Gasteiger partial charge on any atom is -0.759 e. The minimum atomic E-state index is -5.17. The van der Waals surface area contributed by atoms with Crippen LogP contribution in [0.3, 0.4) is 0 Å². The summed E-state index contributed by atoms with van der Waals surface area (Å²) in [6, 6.07) is 0. The van der Waals surface area contributed by atoms with Crippen LogP contribution in [0.1, 0.15) is 0 Å². The molecular formula is H4NO4SV+. The molecule has 0 aliphatic carbocycles. The van der Waals surface area contributed by atoms with Gasteiger partial charge in [-0.15, -0.1) is 0 Å². The Balaban J connectivity index is -0.0000000800. The summed E-state index contributed by atoms with van der Waals surface area (Å²) in [5.41, 5.74) is 0. The molecule has 0 saturated carbocycles. The summed E-state index contributed by atoms with van der Waals surface area (Å²) in [4.78, 5) is 0. The Morgan fingerprint density at radius 1 is 1.14 bits per heavy atom. The molecule has 0 aromatic heterocycles. The standard InChI is InChI=1S/H3N.H2O4S.V/c;1-5(2,3)4;/h1H3;(H2,1,2,3,4);/q;;+2/p-1. The SMILES string of the molecule is O=S(=O)([O-])[O-].[NH4+].[V+2]. The largest absolute Gasteiger partial charge is 2.00 e. The van der Waals surface area contributed by atoms with Gasteiger partial charge in [0.15, 0.2) is 0 Å². The van der Waals surface area contributed by atoms with Crippen LogP contribution in [-0.4, -0.2) is 17.5 Å². The molecular weight excluding hydrogens is 161 g/mol. The Labute approximate surface area is 53.2 Å². The van der Waals surface area contributed by atoms with Crippen LogP contribution in [-0.2, 0) is 29.0 Å². The summed E-state index contributed by atoms with van der Waals surface area (Å²) in [6.45, 7) is 0. The van der Waals surface area contributed by atoms with Gasteiger partial charge in [-0.3, -0.25) is 8.42 Å². The van der Waals surface area contributed by atoms with Gasteiger partial charge in [0.05, 0.1) is 0 Å². The fraction of sp³-hybridized carbons (Fsp3) is 0. The maximum atomic E-state index is 8.52. The van der Waals surface area contributed by atoms with E-state index in [1.54, 1.807) is 0 Å². The van der Waals surface area contributed by atoms with Gasteiger partial charge in [-0.1, -0.05) is 0 Å². The first-order valence-corrected chi connectivity index (χ1v) is 2.00. The molecule has 7 heteroatoms. The van der Waals surface area contributed by atoms with Crippen molar-refractivity contribution in [3.63, 3.8) is 0 Å². The number of quaternary nitrogens is 1. The average Bonchev–Trinajstić information content (AvgIpc) is 0.722. The smallest absolute Gasteiger partial charge is 0.759 e. The number of hydrogen-bond donors (Lipinski definition) is 1. The molecule has 0 spiro atoms. The molecule has 0 unspecified atom stereocenters. The van der Waals surface area contributed by atoms with Gasteiger partial charge >= 0.3 is 18.6 Å². The van der Waals surface area contributed by atoms with E-state index in [4.69, 9.17) is 17.5 Å². The number of rotatable bonds is 0. The fourth-order valence-electron chi connectivity index (χ4n) is 0. The van der Waals surface area contributed by atoms with Crippen molar-refractivity contribution < 1.29 is 36.1 Å². The van der Waals surface area contributed by atoms with Crippen molar-refractivity contribution >= 4 is 10.4 Å². The summed E-state index contributed by atoms with van der Waals surface area (Å²) < 4.78 is 34.1. The van der Waals surface area contributed by atoms with Crippen LogP contribution < -0.4 is 6.15 Å². The molecule has 0 aliphatic heterocycles. The van der Waals surface area contributed by atoms with Crippen LogP contribution in [0.2, 0.25) is 0 Å². The maximum absolute atomic E-state index is 8.52. The molecule has 1 radical (unpaired) electrons. The van der Waals surface area contributed by atoms with Crippen LogP contribution in [0.25, 0.3) is 0 Å². The molecule has 0 aromatic rings. The van der Waals surface area contributed by atoms with E-state index in [9.17, 15) is 0 Å². The topological polar surface area (TPSA) is 117 Å². The predicted octanol–water partition coefficient (Wildman–Crippen LogP) is -0.964. The molecule has 0 rings (SSSR count). The van der Waals surface area contributed by atoms with Gasteiger partial charge in [0, 0.05) is 10.4 Å². The van der Waals surface area contributed by atoms with E-state index in [1.807, 2.05) is 0 Å². The number of hydrogen-bond acceptors (Lipinski definition) is 4. The van der Waals surface area contributed by atoms with Gasteiger partial charge < -0.3 is 15.3 Å². The van der Waals surface area contributed by atoms with Crippen molar-refractivity contribution in [2.75, 3.05) is 0 Å². The third-order valence-electron chi connectivity index (χ3n) is 0. The van der Waals surface area contributed by atoms with E-state index in [2.05, 4.69) is 0 Å². The van der Waals surface area contributed by atoms with E-state index in [0.717, 1.165) is 0 Å². The van der Waals surface area contributed by atoms with E-state index >= 15 is 0 Å². The Bertz CT molecular complexity index is 94.9. The summed E-state index contributed by atoms with van der Waals surface area (Å²) >= 11 is 0. The van der Waals surface area contributed by atoms with E-state index < -0.39 is 10.4 Å². The molecule has 0 bridgehead atoms. The molecule has 0 amide bonds. The Morgan fingerprint density at radius 3 is 1.14 bits per heavy atom. The first-order valence-electron chi connectivity index (χ1n) is 0.667. The van der Waals surface area contributed by atoms with Crippen molar-refractivity contribution in [2.24, 2.45) is 0 Å². The summed E-state index contributed by atoms with van der Waals surface area (Å²) in [6.07, 6.45) is 0. The summed E-state index contributed by atoms with van der Waals surface area (Å²) in [5.74, 6) is 0. The molecule has 0 aliphatic rings. The van der Waals surface area contributed by atoms with E-state index in [0.29, 0.717) is 0 Å². The van der Waals surface area contributed by atoms with Crippen molar-refractivity contribution in [2.45, 2.75) is 0 Å². The van der Waals surface area contributed by atoms with E-state index in [1.165, 1.54) is 0 Å². The zero-order chi connectivity index (χ0) is 4.50. The van der Waals surface area contributed by atoms with Gasteiger partial charge in [0.1, 0.15) is 0 Å². The molecule has 5 nitrogen and oxygen atoms in total. The average molecular weight is 165 g/mol. The van der Waals surface area contributed by atoms with Gasteiger partial charge in [-0.25, -0.2) is 0 Å². The Kier molecular flexibility index (Phi) is 10.2. The van der Waals surface area contributed by atoms with Gasteiger partial charge in [-0.05, 0) is 0 Å². The van der Waals surface area contributed by atoms with Crippen molar-refractivity contribution in [3.05, 3.63) is 0 Å². The van der Waals surface area contributed by atoms with Crippen molar-refractivity contribution in [1.82, 2.24) is 6.15 Å². The minimum absolute atomic E-state index is 0. The zero-order valence-electron chi connectivity index (χ0n) is 3.49. The second kappa shape index (κ2) is 4.57. The van der Waals surface area contributed by atoms with Gasteiger partial charge in [0.2, 0.25) is 0 Å². The third-order valence-corrected chi connectivity index (χ3v) is 0. The predicted molar refractivity (Wildman–Crippen MR) is 16.5 cm³/mol. The summed E-state index contributed by atoms with van der Waals surface area (Å²) in [5, 5.41) is 0. The molecule has 7 heavy (non-hydrogen) atoms. The van der Waals surface area contributed by atoms with Gasteiger partial charge in [-0.2, -0.15) is 0 Å². The first-order chi connectivity index (χ1) is 2.00. The second-order valence-electron chi connectivity index (χ2n) is 0.408. The Hall–Kier alpha value is 0.414. The molecule has 0 heterocycles. The van der Waals surface area contributed by atoms with Gasteiger partial charge in [0.25, 0.3) is 0 Å². The van der Waals surface area contributed by atoms with Crippen LogP contribution >= 0.6 is 0 Å². The van der Waals surface area contributed by atoms with E-state index in [-0.39, 0.29) is 24.7 Å². The zero-order valence-corrected chi connectivity index (χ0v) is 5.70. The summed E-state index contributed by atoms with van der Waals surface area (Å²) in [7, 11) is -5.17. The van der Waals surface area contributed by atoms with Crippen molar-refractivity contribution in [1.29, 1.82) is 0 Å². The fourth-order valence-corrected chi connectivity index (χ4v) is 0. The molecule has 0 fully saturated rings. The quantitative estimate of drug-likeness (QED) is 0.367. The molecule has 43 valence electrons. The molecule has 0 atom stereocenters. The maximum Gasteiger partial charge on any atom is 2.00 e. The first kappa shape index (κ1) is 15.7. The van der Waals surface area contributed by atoms with Crippen LogP contribution in [0.15, 0.2) is 0 Å². The van der Waals surface area contributed by atoms with Crippen LogP contribution in [0.5, 0.6) is 0 Å². The normalized spacial score (nSPS) is 8.29.